The molecule has 2 aromatic rings. The molecular weight excluding hydrogens is 300 g/mol. The van der Waals surface area contributed by atoms with Crippen LogP contribution in [0.5, 0.6) is 0 Å². The normalized spacial score (nSPS) is 11.5. The number of benzene rings is 1. The number of H-pyrrole nitrogens is 1. The van der Waals surface area contributed by atoms with Crippen molar-refractivity contribution >= 4 is 28.6 Å². The zero-order chi connectivity index (χ0) is 16.8. The largest absolute Gasteiger partial charge is 0.464 e. The number of carbonyl (C=O) groups excluding carboxylic acids is 2. The van der Waals surface area contributed by atoms with Gasteiger partial charge in [0.25, 0.3) is 0 Å². The van der Waals surface area contributed by atoms with Gasteiger partial charge >= 0.3 is 11.9 Å². The third kappa shape index (κ3) is 3.50. The van der Waals surface area contributed by atoms with E-state index < -0.39 is 11.9 Å². The van der Waals surface area contributed by atoms with Crippen molar-refractivity contribution in [3.8, 4) is 0 Å². The van der Waals surface area contributed by atoms with Gasteiger partial charge in [-0.25, -0.2) is 9.59 Å². The Kier molecular flexibility index (Phi) is 5.35. The Labute approximate surface area is 132 Å². The van der Waals surface area contributed by atoms with Crippen molar-refractivity contribution in [3.05, 3.63) is 35.5 Å². The average molecular weight is 318 g/mol. The molecule has 0 unspecified atom stereocenters. The van der Waals surface area contributed by atoms with Gasteiger partial charge in [-0.3, -0.25) is 0 Å². The Morgan fingerprint density at radius 1 is 1.30 bits per heavy atom. The number of carbonyl (C=O) groups is 2. The lowest BCUT2D eigenvalue weighted by Gasteiger charge is -2.06. The van der Waals surface area contributed by atoms with Crippen LogP contribution in [0.1, 0.15) is 29.4 Å². The number of para-hydroxylation sites is 1. The van der Waals surface area contributed by atoms with Crippen LogP contribution in [0.3, 0.4) is 0 Å². The molecule has 0 fully saturated rings. The molecule has 0 saturated heterocycles. The standard InChI is InChI=1S/C16H18N2O5/c1-3-8-23-15(19)13(18-21)9-11-10-6-4-5-7-12(10)17-14(11)16(20)22-2/h4-7,17,21H,3,8-9H2,1-2H3/b18-13+. The maximum absolute atomic E-state index is 11.9. The van der Waals surface area contributed by atoms with Crippen LogP contribution in [0.2, 0.25) is 0 Å². The summed E-state index contributed by atoms with van der Waals surface area (Å²) in [4.78, 5) is 26.8. The smallest absolute Gasteiger partial charge is 0.356 e. The first-order valence-electron chi connectivity index (χ1n) is 7.18. The molecule has 0 aliphatic rings. The minimum Gasteiger partial charge on any atom is -0.464 e. The molecule has 0 atom stereocenters. The highest BCUT2D eigenvalue weighted by molar-refractivity contribution is 6.37. The number of hydrogen-bond donors (Lipinski definition) is 2. The fourth-order valence-electron chi connectivity index (χ4n) is 2.25. The van der Waals surface area contributed by atoms with Gasteiger partial charge in [-0.15, -0.1) is 0 Å². The van der Waals surface area contributed by atoms with E-state index in [0.717, 1.165) is 10.9 Å². The second kappa shape index (κ2) is 7.44. The lowest BCUT2D eigenvalue weighted by Crippen LogP contribution is -2.21. The molecule has 122 valence electrons. The van der Waals surface area contributed by atoms with Gasteiger partial charge in [-0.1, -0.05) is 30.3 Å². The summed E-state index contributed by atoms with van der Waals surface area (Å²) in [5.41, 5.74) is 1.29. The molecule has 0 radical (unpaired) electrons. The molecule has 7 nitrogen and oxygen atoms in total. The molecular formula is C16H18N2O5. The number of fused-ring (bicyclic) bond motifs is 1. The zero-order valence-corrected chi connectivity index (χ0v) is 13.0. The van der Waals surface area contributed by atoms with Crippen molar-refractivity contribution in [1.82, 2.24) is 4.98 Å². The molecule has 0 aliphatic heterocycles. The zero-order valence-electron chi connectivity index (χ0n) is 13.0. The summed E-state index contributed by atoms with van der Waals surface area (Å²) in [6, 6.07) is 7.24. The molecule has 0 amide bonds. The number of aromatic amines is 1. The number of nitrogens with one attached hydrogen (secondary N) is 1. The van der Waals surface area contributed by atoms with Crippen molar-refractivity contribution in [2.45, 2.75) is 19.8 Å². The predicted octanol–water partition coefficient (Wildman–Crippen LogP) is 2.28. The Morgan fingerprint density at radius 3 is 2.70 bits per heavy atom. The van der Waals surface area contributed by atoms with Gasteiger partial charge in [0.05, 0.1) is 13.7 Å². The van der Waals surface area contributed by atoms with E-state index in [4.69, 9.17) is 14.7 Å². The van der Waals surface area contributed by atoms with Gasteiger partial charge in [-0.05, 0) is 18.1 Å². The number of aromatic nitrogens is 1. The van der Waals surface area contributed by atoms with E-state index in [-0.39, 0.29) is 24.4 Å². The number of methoxy groups -OCH3 is 1. The number of oxime groups is 1. The molecule has 0 bridgehead atoms. The van der Waals surface area contributed by atoms with Crippen LogP contribution in [0, 0.1) is 0 Å². The van der Waals surface area contributed by atoms with Crippen molar-refractivity contribution < 1.29 is 24.3 Å². The van der Waals surface area contributed by atoms with E-state index in [1.807, 2.05) is 19.1 Å². The summed E-state index contributed by atoms with van der Waals surface area (Å²) >= 11 is 0. The highest BCUT2D eigenvalue weighted by atomic mass is 16.5. The number of nitrogens with zero attached hydrogens (tertiary/aromatic N) is 1. The summed E-state index contributed by atoms with van der Waals surface area (Å²) in [7, 11) is 1.27. The fourth-order valence-corrected chi connectivity index (χ4v) is 2.25. The van der Waals surface area contributed by atoms with Crippen molar-refractivity contribution in [2.24, 2.45) is 5.16 Å². The molecule has 1 aromatic heterocycles. The van der Waals surface area contributed by atoms with Crippen molar-refractivity contribution in [1.29, 1.82) is 0 Å². The summed E-state index contributed by atoms with van der Waals surface area (Å²) in [5, 5.41) is 12.9. The second-order valence-electron chi connectivity index (χ2n) is 4.88. The first-order chi connectivity index (χ1) is 11.1. The Hall–Kier alpha value is -2.83. The van der Waals surface area contributed by atoms with Crippen LogP contribution >= 0.6 is 0 Å². The SMILES string of the molecule is CCCOC(=O)/C(Cc1c(C(=O)OC)[nH]c2ccccc12)=N/O. The Bertz CT molecular complexity index is 748. The second-order valence-corrected chi connectivity index (χ2v) is 4.88. The summed E-state index contributed by atoms with van der Waals surface area (Å²) < 4.78 is 9.73. The molecule has 0 spiro atoms. The Morgan fingerprint density at radius 2 is 2.04 bits per heavy atom. The van der Waals surface area contributed by atoms with E-state index in [1.165, 1.54) is 7.11 Å². The van der Waals surface area contributed by atoms with Gasteiger partial charge in [0.15, 0.2) is 5.71 Å². The highest BCUT2D eigenvalue weighted by Gasteiger charge is 2.23. The van der Waals surface area contributed by atoms with Crippen molar-refractivity contribution in [3.63, 3.8) is 0 Å². The highest BCUT2D eigenvalue weighted by Crippen LogP contribution is 2.24. The topological polar surface area (TPSA) is 101 Å². The van der Waals surface area contributed by atoms with E-state index >= 15 is 0 Å². The number of hydrogen-bond acceptors (Lipinski definition) is 6. The molecule has 2 rings (SSSR count). The third-order valence-electron chi connectivity index (χ3n) is 3.34. The van der Waals surface area contributed by atoms with Crippen LogP contribution in [0.4, 0.5) is 0 Å². The van der Waals surface area contributed by atoms with E-state index in [0.29, 0.717) is 12.0 Å². The lowest BCUT2D eigenvalue weighted by molar-refractivity contribution is -0.135. The van der Waals surface area contributed by atoms with Gasteiger partial charge in [-0.2, -0.15) is 0 Å². The summed E-state index contributed by atoms with van der Waals surface area (Å²) in [6.45, 7) is 2.09. The minimum atomic E-state index is -0.713. The minimum absolute atomic E-state index is 0.0481. The number of rotatable bonds is 6. The Balaban J connectivity index is 2.41. The maximum Gasteiger partial charge on any atom is 0.356 e. The van der Waals surface area contributed by atoms with E-state index in [2.05, 4.69) is 10.1 Å². The van der Waals surface area contributed by atoms with Crippen LogP contribution < -0.4 is 0 Å². The molecule has 2 N–H and O–H groups in total. The molecule has 0 aliphatic carbocycles. The van der Waals surface area contributed by atoms with Crippen LogP contribution in [0.15, 0.2) is 29.4 Å². The van der Waals surface area contributed by atoms with Crippen LogP contribution in [-0.4, -0.2) is 41.6 Å². The van der Waals surface area contributed by atoms with E-state index in [1.54, 1.807) is 12.1 Å². The predicted molar refractivity (Wildman–Crippen MR) is 83.8 cm³/mol. The number of esters is 2. The van der Waals surface area contributed by atoms with Gasteiger partial charge in [0.2, 0.25) is 0 Å². The van der Waals surface area contributed by atoms with Gasteiger partial charge in [0, 0.05) is 17.3 Å². The number of ether oxygens (including phenoxy) is 2. The fraction of sp³-hybridized carbons (Fsp3) is 0.312. The maximum atomic E-state index is 11.9. The molecule has 23 heavy (non-hydrogen) atoms. The monoisotopic (exact) mass is 318 g/mol. The van der Waals surface area contributed by atoms with Crippen molar-refractivity contribution in [2.75, 3.05) is 13.7 Å². The van der Waals surface area contributed by atoms with Gasteiger partial charge < -0.3 is 19.7 Å². The van der Waals surface area contributed by atoms with Crippen LogP contribution in [-0.2, 0) is 20.7 Å². The summed E-state index contributed by atoms with van der Waals surface area (Å²) in [5.74, 6) is -1.27. The first-order valence-corrected chi connectivity index (χ1v) is 7.18. The molecule has 1 heterocycles. The lowest BCUT2D eigenvalue weighted by atomic mass is 10.0. The third-order valence-corrected chi connectivity index (χ3v) is 3.34. The summed E-state index contributed by atoms with van der Waals surface area (Å²) in [6.07, 6.45) is 0.610. The molecule has 1 aromatic carbocycles. The molecule has 0 saturated carbocycles. The molecule has 7 heteroatoms. The average Bonchev–Trinajstić information content (AvgIpc) is 2.95. The van der Waals surface area contributed by atoms with Gasteiger partial charge in [0.1, 0.15) is 5.69 Å². The first kappa shape index (κ1) is 16.5. The quantitative estimate of drug-likeness (QED) is 0.368. The van der Waals surface area contributed by atoms with Crippen LogP contribution in [0.25, 0.3) is 10.9 Å². The van der Waals surface area contributed by atoms with E-state index in [9.17, 15) is 9.59 Å².